The molecule has 1 heterocycles. The lowest BCUT2D eigenvalue weighted by atomic mass is 9.62. The molecule has 0 amide bonds. The average molecular weight is 411 g/mol. The molecular formula is C26H34O2S. The van der Waals surface area contributed by atoms with E-state index in [1.165, 1.54) is 42.2 Å². The highest BCUT2D eigenvalue weighted by Crippen LogP contribution is 2.52. The maximum Gasteiger partial charge on any atom is 0.330 e. The van der Waals surface area contributed by atoms with Gasteiger partial charge in [0.1, 0.15) is 0 Å². The van der Waals surface area contributed by atoms with Gasteiger partial charge in [-0.2, -0.15) is 0 Å². The summed E-state index contributed by atoms with van der Waals surface area (Å²) in [7, 11) is 1.41. The molecule has 29 heavy (non-hydrogen) atoms. The van der Waals surface area contributed by atoms with Crippen LogP contribution in [0.15, 0.2) is 47.4 Å². The molecule has 1 aromatic carbocycles. The van der Waals surface area contributed by atoms with Gasteiger partial charge in [0.25, 0.3) is 0 Å². The van der Waals surface area contributed by atoms with Crippen molar-refractivity contribution in [3.05, 3.63) is 69.7 Å². The van der Waals surface area contributed by atoms with E-state index < -0.39 is 0 Å². The number of methoxy groups -OCH3 is 1. The van der Waals surface area contributed by atoms with E-state index in [9.17, 15) is 4.79 Å². The fourth-order valence-electron chi connectivity index (χ4n) is 4.55. The molecule has 156 valence electrons. The van der Waals surface area contributed by atoms with Gasteiger partial charge in [0.15, 0.2) is 0 Å². The smallest absolute Gasteiger partial charge is 0.330 e. The minimum atomic E-state index is -0.313. The second-order valence-electron chi connectivity index (χ2n) is 9.81. The number of carbonyl (C=O) groups is 1. The first-order chi connectivity index (χ1) is 13.5. The maximum atomic E-state index is 11.6. The Labute approximate surface area is 180 Å². The van der Waals surface area contributed by atoms with Gasteiger partial charge >= 0.3 is 5.97 Å². The molecule has 1 aliphatic heterocycles. The van der Waals surface area contributed by atoms with Crippen LogP contribution in [-0.2, 0) is 25.1 Å². The van der Waals surface area contributed by atoms with Crippen LogP contribution in [0.1, 0.15) is 76.1 Å². The summed E-state index contributed by atoms with van der Waals surface area (Å²) in [5.41, 5.74) is 7.06. The van der Waals surface area contributed by atoms with E-state index in [2.05, 4.69) is 70.4 Å². The normalized spacial score (nSPS) is 25.3. The molecule has 1 unspecified atom stereocenters. The number of hydrogen-bond donors (Lipinski definition) is 0. The van der Waals surface area contributed by atoms with E-state index in [0.717, 1.165) is 12.0 Å². The van der Waals surface area contributed by atoms with Gasteiger partial charge in [0.2, 0.25) is 0 Å². The SMILES string of the molecule is COC(=O)/C=C(C)/C=C/C1(c2cc3c(cc2C)C(C)(C)CCC3(C)C)CC=CS1. The lowest BCUT2D eigenvalue weighted by molar-refractivity contribution is -0.134. The van der Waals surface area contributed by atoms with Crippen LogP contribution in [-0.4, -0.2) is 13.1 Å². The number of rotatable bonds is 4. The molecule has 1 aromatic rings. The number of esters is 1. The van der Waals surface area contributed by atoms with Crippen molar-refractivity contribution in [2.24, 2.45) is 0 Å². The minimum Gasteiger partial charge on any atom is -0.466 e. The summed E-state index contributed by atoms with van der Waals surface area (Å²) in [6.07, 6.45) is 11.5. The van der Waals surface area contributed by atoms with E-state index in [4.69, 9.17) is 4.74 Å². The van der Waals surface area contributed by atoms with Crippen LogP contribution in [0.2, 0.25) is 0 Å². The molecule has 2 nitrogen and oxygen atoms in total. The fraction of sp³-hybridized carbons (Fsp3) is 0.500. The first-order valence-electron chi connectivity index (χ1n) is 10.5. The number of allylic oxidation sites excluding steroid dienone is 3. The second kappa shape index (κ2) is 7.83. The van der Waals surface area contributed by atoms with Crippen LogP contribution < -0.4 is 0 Å². The topological polar surface area (TPSA) is 26.3 Å². The van der Waals surface area contributed by atoms with Gasteiger partial charge < -0.3 is 4.74 Å². The monoisotopic (exact) mass is 410 g/mol. The summed E-state index contributed by atoms with van der Waals surface area (Å²) < 4.78 is 4.64. The predicted molar refractivity (Wildman–Crippen MR) is 124 cm³/mol. The van der Waals surface area contributed by atoms with Gasteiger partial charge in [-0.3, -0.25) is 0 Å². The summed E-state index contributed by atoms with van der Waals surface area (Å²) >= 11 is 1.86. The largest absolute Gasteiger partial charge is 0.466 e. The van der Waals surface area contributed by atoms with Crippen molar-refractivity contribution in [2.45, 2.75) is 76.4 Å². The zero-order valence-electron chi connectivity index (χ0n) is 18.9. The first-order valence-corrected chi connectivity index (χ1v) is 11.3. The molecule has 1 aliphatic carbocycles. The predicted octanol–water partition coefficient (Wildman–Crippen LogP) is 6.87. The Kier molecular flexibility index (Phi) is 5.93. The van der Waals surface area contributed by atoms with Gasteiger partial charge in [0, 0.05) is 6.08 Å². The molecular weight excluding hydrogens is 376 g/mol. The Hall–Kier alpha value is -1.74. The van der Waals surface area contributed by atoms with Crippen molar-refractivity contribution in [2.75, 3.05) is 7.11 Å². The van der Waals surface area contributed by atoms with E-state index >= 15 is 0 Å². The molecule has 3 rings (SSSR count). The standard InChI is InChI=1S/C26H34O2S/c1-18(15-23(27)28-7)9-11-26(10-8-14-29-26)20-17-22-21(16-19(20)2)24(3,4)12-13-25(22,5)6/h8-9,11,14-17H,10,12-13H2,1-7H3/b11-9+,18-15+. The molecule has 0 saturated carbocycles. The molecule has 0 bridgehead atoms. The van der Waals surface area contributed by atoms with Crippen LogP contribution in [0.25, 0.3) is 0 Å². The summed E-state index contributed by atoms with van der Waals surface area (Å²) in [5, 5.41) is 2.21. The molecule has 2 aliphatic rings. The minimum absolute atomic E-state index is 0.123. The molecule has 0 fully saturated rings. The van der Waals surface area contributed by atoms with Gasteiger partial charge in [-0.05, 0) is 77.2 Å². The highest BCUT2D eigenvalue weighted by molar-refractivity contribution is 8.03. The Morgan fingerprint density at radius 2 is 1.69 bits per heavy atom. The third kappa shape index (κ3) is 4.26. The van der Waals surface area contributed by atoms with Gasteiger partial charge in [-0.15, -0.1) is 11.8 Å². The van der Waals surface area contributed by atoms with Crippen molar-refractivity contribution in [1.29, 1.82) is 0 Å². The number of aryl methyl sites for hydroxylation is 1. The van der Waals surface area contributed by atoms with Gasteiger partial charge in [-0.1, -0.05) is 58.1 Å². The summed E-state index contributed by atoms with van der Waals surface area (Å²) in [6, 6.07) is 4.92. The zero-order chi connectivity index (χ0) is 21.4. The van der Waals surface area contributed by atoms with Crippen LogP contribution in [0.5, 0.6) is 0 Å². The van der Waals surface area contributed by atoms with Crippen LogP contribution in [0, 0.1) is 6.92 Å². The molecule has 0 aromatic heterocycles. The fourth-order valence-corrected chi connectivity index (χ4v) is 5.67. The maximum absolute atomic E-state index is 11.6. The molecule has 0 N–H and O–H groups in total. The van der Waals surface area contributed by atoms with E-state index in [1.807, 2.05) is 18.7 Å². The van der Waals surface area contributed by atoms with E-state index in [-0.39, 0.29) is 21.5 Å². The number of benzene rings is 1. The Bertz CT molecular complexity index is 892. The summed E-state index contributed by atoms with van der Waals surface area (Å²) in [6.45, 7) is 13.7. The number of ether oxygens (including phenoxy) is 1. The third-order valence-corrected chi connectivity index (χ3v) is 7.88. The third-order valence-electron chi connectivity index (χ3n) is 6.61. The number of hydrogen-bond acceptors (Lipinski definition) is 3. The second-order valence-corrected chi connectivity index (χ2v) is 11.0. The van der Waals surface area contributed by atoms with Crippen LogP contribution in [0.4, 0.5) is 0 Å². The van der Waals surface area contributed by atoms with Gasteiger partial charge in [-0.25, -0.2) is 4.79 Å². The van der Waals surface area contributed by atoms with E-state index in [0.29, 0.717) is 0 Å². The van der Waals surface area contributed by atoms with Crippen molar-refractivity contribution in [1.82, 2.24) is 0 Å². The van der Waals surface area contributed by atoms with Crippen molar-refractivity contribution in [3.63, 3.8) is 0 Å². The van der Waals surface area contributed by atoms with Crippen molar-refractivity contribution >= 4 is 17.7 Å². The van der Waals surface area contributed by atoms with Crippen LogP contribution in [0.3, 0.4) is 0 Å². The molecule has 0 radical (unpaired) electrons. The molecule has 1 atom stereocenters. The number of thioether (sulfide) groups is 1. The van der Waals surface area contributed by atoms with Crippen molar-refractivity contribution < 1.29 is 9.53 Å². The summed E-state index contributed by atoms with van der Waals surface area (Å²) in [4.78, 5) is 11.6. The van der Waals surface area contributed by atoms with Gasteiger partial charge in [0.05, 0.1) is 11.9 Å². The summed E-state index contributed by atoms with van der Waals surface area (Å²) in [5.74, 6) is -0.313. The van der Waals surface area contributed by atoms with E-state index in [1.54, 1.807) is 6.08 Å². The Morgan fingerprint density at radius 3 is 2.24 bits per heavy atom. The quantitative estimate of drug-likeness (QED) is 0.308. The lowest BCUT2D eigenvalue weighted by Crippen LogP contribution is -2.35. The molecule has 0 saturated heterocycles. The van der Waals surface area contributed by atoms with Crippen LogP contribution >= 0.6 is 11.8 Å². The number of carbonyl (C=O) groups excluding carboxylic acids is 1. The van der Waals surface area contributed by atoms with Crippen molar-refractivity contribution in [3.8, 4) is 0 Å². The Balaban J connectivity index is 2.10. The Morgan fingerprint density at radius 1 is 1.07 bits per heavy atom. The average Bonchev–Trinajstić information content (AvgIpc) is 3.13. The highest BCUT2D eigenvalue weighted by atomic mass is 32.2. The number of fused-ring (bicyclic) bond motifs is 1. The zero-order valence-corrected chi connectivity index (χ0v) is 19.7. The molecule has 3 heteroatoms. The first kappa shape index (κ1) is 22.0. The lowest BCUT2D eigenvalue weighted by Gasteiger charge is -2.43. The molecule has 0 spiro atoms. The highest BCUT2D eigenvalue weighted by Gasteiger charge is 2.40.